The van der Waals surface area contributed by atoms with Crippen LogP contribution in [-0.4, -0.2) is 37.9 Å². The van der Waals surface area contributed by atoms with Crippen molar-refractivity contribution in [1.29, 1.82) is 0 Å². The van der Waals surface area contributed by atoms with E-state index < -0.39 is 11.6 Å². The van der Waals surface area contributed by atoms with Crippen LogP contribution in [0.5, 0.6) is 0 Å². The zero-order valence-corrected chi connectivity index (χ0v) is 19.6. The van der Waals surface area contributed by atoms with Crippen LogP contribution in [0.25, 0.3) is 21.5 Å². The van der Waals surface area contributed by atoms with E-state index in [0.29, 0.717) is 34.9 Å². The van der Waals surface area contributed by atoms with E-state index in [1.807, 2.05) is 11.8 Å². The molecule has 0 saturated carbocycles. The Bertz CT molecular complexity index is 1380. The normalized spacial score (nSPS) is 16.4. The highest BCUT2D eigenvalue weighted by atomic mass is 32.1. The van der Waals surface area contributed by atoms with Gasteiger partial charge in [0.1, 0.15) is 22.9 Å². The quantitative estimate of drug-likeness (QED) is 0.376. The molecule has 0 aliphatic carbocycles. The van der Waals surface area contributed by atoms with E-state index >= 15 is 0 Å². The fourth-order valence-electron chi connectivity index (χ4n) is 4.63. The molecule has 0 N–H and O–H groups in total. The summed E-state index contributed by atoms with van der Waals surface area (Å²) < 4.78 is 43.2. The van der Waals surface area contributed by atoms with Gasteiger partial charge in [-0.05, 0) is 56.0 Å². The third-order valence-electron chi connectivity index (χ3n) is 6.39. The number of piperidine rings is 1. The molecule has 1 atom stereocenters. The molecular formula is C25H23F3N4OS. The number of carbonyl (C=O) groups excluding carboxylic acids is 1. The van der Waals surface area contributed by atoms with Crippen LogP contribution in [0.2, 0.25) is 0 Å². The van der Waals surface area contributed by atoms with Crippen molar-refractivity contribution in [2.24, 2.45) is 7.05 Å². The molecule has 5 nitrogen and oxygen atoms in total. The molecule has 1 amide bonds. The first-order valence-electron chi connectivity index (χ1n) is 11.2. The topological polar surface area (TPSA) is 51.0 Å². The van der Waals surface area contributed by atoms with Gasteiger partial charge in [0.25, 0.3) is 5.91 Å². The minimum absolute atomic E-state index is 0.0000851. The Kier molecular flexibility index (Phi) is 5.89. The van der Waals surface area contributed by atoms with Crippen molar-refractivity contribution in [3.8, 4) is 10.4 Å². The van der Waals surface area contributed by atoms with Crippen LogP contribution in [0.3, 0.4) is 0 Å². The summed E-state index contributed by atoms with van der Waals surface area (Å²) in [6.07, 6.45) is 3.04. The lowest BCUT2D eigenvalue weighted by Crippen LogP contribution is -2.45. The van der Waals surface area contributed by atoms with Gasteiger partial charge >= 0.3 is 0 Å². The maximum atomic E-state index is 14.3. The van der Waals surface area contributed by atoms with Gasteiger partial charge in [0.05, 0.1) is 15.4 Å². The molecule has 1 fully saturated rings. The number of aromatic nitrogens is 3. The molecule has 1 unspecified atom stereocenters. The van der Waals surface area contributed by atoms with Crippen LogP contribution in [0.4, 0.5) is 13.2 Å². The largest absolute Gasteiger partial charge is 0.334 e. The highest BCUT2D eigenvalue weighted by Crippen LogP contribution is 2.33. The second kappa shape index (κ2) is 8.87. The van der Waals surface area contributed by atoms with Crippen LogP contribution >= 0.6 is 11.3 Å². The van der Waals surface area contributed by atoms with Gasteiger partial charge in [-0.2, -0.15) is 0 Å². The Balaban J connectivity index is 1.47. The highest BCUT2D eigenvalue weighted by Gasteiger charge is 2.32. The van der Waals surface area contributed by atoms with E-state index in [4.69, 9.17) is 0 Å². The second-order valence-electron chi connectivity index (χ2n) is 8.59. The first-order valence-corrected chi connectivity index (χ1v) is 12.0. The van der Waals surface area contributed by atoms with Crippen molar-refractivity contribution in [2.45, 2.75) is 38.6 Å². The number of hydrogen-bond acceptors (Lipinski definition) is 4. The number of benzene rings is 2. The summed E-state index contributed by atoms with van der Waals surface area (Å²) in [5.41, 5.74) is 1.62. The maximum absolute atomic E-state index is 14.3. The Morgan fingerprint density at radius 3 is 2.62 bits per heavy atom. The van der Waals surface area contributed by atoms with E-state index in [2.05, 4.69) is 9.97 Å². The monoisotopic (exact) mass is 484 g/mol. The average molecular weight is 485 g/mol. The van der Waals surface area contributed by atoms with E-state index in [0.717, 1.165) is 35.9 Å². The lowest BCUT2D eigenvalue weighted by atomic mass is 9.98. The molecule has 9 heteroatoms. The Hall–Kier alpha value is -3.20. The molecule has 2 aromatic carbocycles. The van der Waals surface area contributed by atoms with Crippen molar-refractivity contribution in [2.75, 3.05) is 6.54 Å². The van der Waals surface area contributed by atoms with E-state index in [-0.39, 0.29) is 23.3 Å². The van der Waals surface area contributed by atoms with Crippen molar-refractivity contribution < 1.29 is 18.0 Å². The minimum Gasteiger partial charge on any atom is -0.334 e. The third kappa shape index (κ3) is 3.98. The third-order valence-corrected chi connectivity index (χ3v) is 7.41. The molecular weight excluding hydrogens is 461 g/mol. The fraction of sp³-hybridized carbons (Fsp3) is 0.320. The number of carbonyl (C=O) groups is 1. The predicted octanol–water partition coefficient (Wildman–Crippen LogP) is 5.66. The number of imidazole rings is 1. The molecule has 3 heterocycles. The zero-order chi connectivity index (χ0) is 24.0. The van der Waals surface area contributed by atoms with E-state index in [1.54, 1.807) is 23.7 Å². The summed E-state index contributed by atoms with van der Waals surface area (Å²) in [5, 5.41) is 0.754. The molecule has 5 rings (SSSR count). The van der Waals surface area contributed by atoms with E-state index in [1.165, 1.54) is 29.5 Å². The summed E-state index contributed by atoms with van der Waals surface area (Å²) >= 11 is 1.40. The first-order chi connectivity index (χ1) is 16.3. The van der Waals surface area contributed by atoms with Gasteiger partial charge in [-0.3, -0.25) is 4.79 Å². The summed E-state index contributed by atoms with van der Waals surface area (Å²) in [6.45, 7) is 2.42. The molecule has 176 valence electrons. The molecule has 4 aromatic rings. The smallest absolute Gasteiger partial charge is 0.274 e. The van der Waals surface area contributed by atoms with Gasteiger partial charge in [-0.1, -0.05) is 12.1 Å². The Morgan fingerprint density at radius 2 is 1.85 bits per heavy atom. The van der Waals surface area contributed by atoms with Gasteiger partial charge in [0.2, 0.25) is 0 Å². The molecule has 0 radical (unpaired) electrons. The second-order valence-corrected chi connectivity index (χ2v) is 9.79. The van der Waals surface area contributed by atoms with Gasteiger partial charge in [-0.15, -0.1) is 11.3 Å². The average Bonchev–Trinajstić information content (AvgIpc) is 3.37. The number of hydrogen-bond donors (Lipinski definition) is 0. The standard InChI is InChI=1S/C25H23F3N4OS/c1-14-29-23(24(34-14)15-6-8-16(26)9-7-15)25(33)32-12-4-3-5-17(32)13-20-30-22-19(31(20)2)11-10-18(27)21(22)28/h6-11,17H,3-5,12-13H2,1-2H3. The Morgan fingerprint density at radius 1 is 1.09 bits per heavy atom. The predicted molar refractivity (Wildman–Crippen MR) is 125 cm³/mol. The van der Waals surface area contributed by atoms with Crippen LogP contribution in [-0.2, 0) is 13.5 Å². The molecule has 1 aliphatic rings. The highest BCUT2D eigenvalue weighted by molar-refractivity contribution is 7.15. The number of halogens is 3. The Labute approximate surface area is 198 Å². The zero-order valence-electron chi connectivity index (χ0n) is 18.8. The number of amides is 1. The minimum atomic E-state index is -0.960. The number of thiazole rings is 1. The van der Waals surface area contributed by atoms with Crippen LogP contribution < -0.4 is 0 Å². The fourth-order valence-corrected chi connectivity index (χ4v) is 5.54. The van der Waals surface area contributed by atoms with Crippen molar-refractivity contribution in [1.82, 2.24) is 19.4 Å². The van der Waals surface area contributed by atoms with Gasteiger partial charge in [0, 0.05) is 26.1 Å². The summed E-state index contributed by atoms with van der Waals surface area (Å²) in [7, 11) is 1.77. The van der Waals surface area contributed by atoms with Crippen molar-refractivity contribution >= 4 is 28.3 Å². The number of nitrogens with zero attached hydrogens (tertiary/aromatic N) is 4. The lowest BCUT2D eigenvalue weighted by molar-refractivity contribution is 0.0606. The summed E-state index contributed by atoms with van der Waals surface area (Å²) in [4.78, 5) is 25.1. The van der Waals surface area contributed by atoms with Crippen LogP contribution in [0.1, 0.15) is 40.6 Å². The number of rotatable bonds is 4. The number of aryl methyl sites for hydroxylation is 2. The molecule has 34 heavy (non-hydrogen) atoms. The van der Waals surface area contributed by atoms with Crippen LogP contribution in [0.15, 0.2) is 36.4 Å². The molecule has 1 saturated heterocycles. The van der Waals surface area contributed by atoms with Crippen molar-refractivity contribution in [3.63, 3.8) is 0 Å². The molecule has 2 aromatic heterocycles. The first kappa shape index (κ1) is 22.6. The van der Waals surface area contributed by atoms with Gasteiger partial charge in [0.15, 0.2) is 11.6 Å². The lowest BCUT2D eigenvalue weighted by Gasteiger charge is -2.35. The summed E-state index contributed by atoms with van der Waals surface area (Å²) in [5.74, 6) is -1.81. The maximum Gasteiger partial charge on any atom is 0.274 e. The number of fused-ring (bicyclic) bond motifs is 1. The molecule has 0 bridgehead atoms. The molecule has 0 spiro atoms. The van der Waals surface area contributed by atoms with Gasteiger partial charge in [-0.25, -0.2) is 23.1 Å². The summed E-state index contributed by atoms with van der Waals surface area (Å²) in [6, 6.07) is 8.52. The SMILES string of the molecule is Cc1nc(C(=O)N2CCCCC2Cc2nc3c(F)c(F)ccc3n2C)c(-c2ccc(F)cc2)s1. The number of likely N-dealkylation sites (tertiary alicyclic amines) is 1. The van der Waals surface area contributed by atoms with E-state index in [9.17, 15) is 18.0 Å². The van der Waals surface area contributed by atoms with Crippen LogP contribution in [0, 0.1) is 24.4 Å². The van der Waals surface area contributed by atoms with Gasteiger partial charge < -0.3 is 9.47 Å². The van der Waals surface area contributed by atoms with Crippen molar-refractivity contribution in [3.05, 3.63) is 70.4 Å². The molecule has 1 aliphatic heterocycles.